The fraction of sp³-hybridized carbons (Fsp3) is 0.753. The second kappa shape index (κ2) is 70.8. The summed E-state index contributed by atoms with van der Waals surface area (Å²) in [5, 5.41) is 0. The van der Waals surface area contributed by atoms with E-state index in [1.54, 1.807) is 0 Å². The van der Waals surface area contributed by atoms with E-state index in [0.717, 1.165) is 122 Å². The van der Waals surface area contributed by atoms with E-state index in [-0.39, 0.29) is 31.1 Å². The Morgan fingerprint density at radius 1 is 0.253 bits per heavy atom. The third-order valence-electron chi connectivity index (χ3n) is 15.6. The number of hydrogen-bond donors (Lipinski definition) is 0. The Bertz CT molecular complexity index is 1610. The molecule has 0 spiro atoms. The minimum absolute atomic E-state index is 0.0794. The van der Waals surface area contributed by atoms with Crippen LogP contribution < -0.4 is 0 Å². The SMILES string of the molecule is CC/C=C\C/C=C\C/C=C\C/C=C\CCCCCCCCCCCCCCCCC(=O)OCC(COC(=O)CCCCCCCCCCCCCCCCCCCCC)OC(=O)CCCCCCCC/C=C\C/C=C\C/C=C\C/C=C\CC. The predicted molar refractivity (Wildman–Crippen MR) is 362 cm³/mol. The van der Waals surface area contributed by atoms with Crippen LogP contribution in [-0.2, 0) is 28.6 Å². The van der Waals surface area contributed by atoms with Crippen molar-refractivity contribution >= 4 is 17.9 Å². The zero-order valence-electron chi connectivity index (χ0n) is 54.9. The maximum atomic E-state index is 13.0. The lowest BCUT2D eigenvalue weighted by molar-refractivity contribution is -0.167. The van der Waals surface area contributed by atoms with Gasteiger partial charge in [-0.1, -0.05) is 336 Å². The monoisotopic (exact) mass is 1160 g/mol. The highest BCUT2D eigenvalue weighted by Crippen LogP contribution is 2.18. The minimum atomic E-state index is -0.786. The normalized spacial score (nSPS) is 12.7. The van der Waals surface area contributed by atoms with Crippen molar-refractivity contribution in [3.05, 3.63) is 97.2 Å². The maximum Gasteiger partial charge on any atom is 0.306 e. The van der Waals surface area contributed by atoms with Crippen LogP contribution >= 0.6 is 0 Å². The Morgan fingerprint density at radius 3 is 0.735 bits per heavy atom. The van der Waals surface area contributed by atoms with Gasteiger partial charge in [-0.15, -0.1) is 0 Å². The molecule has 0 fully saturated rings. The predicted octanol–water partition coefficient (Wildman–Crippen LogP) is 24.8. The number of hydrogen-bond acceptors (Lipinski definition) is 6. The number of allylic oxidation sites excluding steroid dienone is 16. The fourth-order valence-corrected chi connectivity index (χ4v) is 10.3. The molecular weight excluding hydrogens is 1020 g/mol. The first-order chi connectivity index (χ1) is 41.0. The fourth-order valence-electron chi connectivity index (χ4n) is 10.3. The van der Waals surface area contributed by atoms with Crippen LogP contribution in [0, 0.1) is 0 Å². The van der Waals surface area contributed by atoms with E-state index in [0.29, 0.717) is 19.3 Å². The Hall–Kier alpha value is -3.67. The van der Waals surface area contributed by atoms with E-state index in [1.807, 2.05) is 0 Å². The van der Waals surface area contributed by atoms with Crippen LogP contribution in [0.4, 0.5) is 0 Å². The summed E-state index contributed by atoms with van der Waals surface area (Å²) in [6.07, 6.45) is 95.7. The van der Waals surface area contributed by atoms with Crippen molar-refractivity contribution in [2.45, 2.75) is 361 Å². The van der Waals surface area contributed by atoms with Gasteiger partial charge in [0.25, 0.3) is 0 Å². The van der Waals surface area contributed by atoms with Gasteiger partial charge in [0.15, 0.2) is 6.10 Å². The van der Waals surface area contributed by atoms with Crippen LogP contribution in [0.3, 0.4) is 0 Å². The molecule has 0 N–H and O–H groups in total. The van der Waals surface area contributed by atoms with Crippen molar-refractivity contribution in [2.24, 2.45) is 0 Å². The summed E-state index contributed by atoms with van der Waals surface area (Å²) in [6.45, 7) is 6.46. The molecule has 0 aliphatic heterocycles. The molecule has 0 heterocycles. The van der Waals surface area contributed by atoms with E-state index in [4.69, 9.17) is 14.2 Å². The number of carbonyl (C=O) groups is 3. The molecule has 6 nitrogen and oxygen atoms in total. The topological polar surface area (TPSA) is 78.9 Å². The highest BCUT2D eigenvalue weighted by molar-refractivity contribution is 5.71. The van der Waals surface area contributed by atoms with Crippen LogP contribution in [0.25, 0.3) is 0 Å². The summed E-state index contributed by atoms with van der Waals surface area (Å²) in [5.41, 5.74) is 0. The van der Waals surface area contributed by atoms with Crippen LogP contribution in [-0.4, -0.2) is 37.2 Å². The standard InChI is InChI=1S/C77H134O6/c1-4-7-10-13-16-19-22-25-28-31-34-35-36-37-38-39-40-41-44-46-49-52-55-58-61-64-67-70-76(79)82-73-74(83-77(80)71-68-65-62-59-56-53-50-47-43-33-30-27-24-21-18-15-12-9-6-3)72-81-75(78)69-66-63-60-57-54-51-48-45-42-32-29-26-23-20-17-14-11-8-5-2/h7,9-10,12,16,18-19,21,25,27-28,30,34-35,43,47,74H,4-6,8,11,13-15,17,20,22-24,26,29,31-33,36-42,44-46,48-73H2,1-3H3/b10-7-,12-9-,19-16-,21-18-,28-25-,30-27-,35-34-,47-43-. The van der Waals surface area contributed by atoms with Crippen LogP contribution in [0.2, 0.25) is 0 Å². The van der Waals surface area contributed by atoms with Gasteiger partial charge in [0.05, 0.1) is 0 Å². The lowest BCUT2D eigenvalue weighted by atomic mass is 10.0. The van der Waals surface area contributed by atoms with Gasteiger partial charge in [-0.25, -0.2) is 0 Å². The van der Waals surface area contributed by atoms with E-state index in [1.165, 1.54) is 193 Å². The molecule has 0 saturated carbocycles. The molecule has 0 aliphatic carbocycles. The second-order valence-electron chi connectivity index (χ2n) is 23.7. The molecule has 0 rings (SSSR count). The largest absolute Gasteiger partial charge is 0.462 e. The molecule has 0 aromatic carbocycles. The van der Waals surface area contributed by atoms with Gasteiger partial charge in [-0.05, 0) is 96.3 Å². The van der Waals surface area contributed by atoms with Gasteiger partial charge in [0.1, 0.15) is 13.2 Å². The Labute approximate surface area is 515 Å². The Kier molecular flexibility index (Phi) is 67.7. The van der Waals surface area contributed by atoms with Gasteiger partial charge in [-0.3, -0.25) is 14.4 Å². The molecule has 0 aliphatic rings. The van der Waals surface area contributed by atoms with Crippen LogP contribution in [0.1, 0.15) is 355 Å². The maximum absolute atomic E-state index is 13.0. The summed E-state index contributed by atoms with van der Waals surface area (Å²) in [5.74, 6) is -0.874. The first-order valence-corrected chi connectivity index (χ1v) is 35.7. The molecule has 0 aromatic rings. The molecule has 6 heteroatoms. The average Bonchev–Trinajstić information content (AvgIpc) is 3.50. The number of carbonyl (C=O) groups excluding carboxylic acids is 3. The number of rotatable bonds is 65. The molecule has 1 unspecified atom stereocenters. The molecule has 1 atom stereocenters. The van der Waals surface area contributed by atoms with Crippen molar-refractivity contribution in [3.8, 4) is 0 Å². The summed E-state index contributed by atoms with van der Waals surface area (Å²) in [6, 6.07) is 0. The zero-order chi connectivity index (χ0) is 59.9. The van der Waals surface area contributed by atoms with E-state index in [9.17, 15) is 14.4 Å². The van der Waals surface area contributed by atoms with Crippen molar-refractivity contribution in [2.75, 3.05) is 13.2 Å². The molecule has 478 valence electrons. The lowest BCUT2D eigenvalue weighted by Gasteiger charge is -2.18. The smallest absolute Gasteiger partial charge is 0.306 e. The van der Waals surface area contributed by atoms with E-state index in [2.05, 4.69) is 118 Å². The van der Waals surface area contributed by atoms with Gasteiger partial charge >= 0.3 is 17.9 Å². The summed E-state index contributed by atoms with van der Waals surface area (Å²) >= 11 is 0. The van der Waals surface area contributed by atoms with E-state index >= 15 is 0 Å². The lowest BCUT2D eigenvalue weighted by Crippen LogP contribution is -2.30. The molecule has 83 heavy (non-hydrogen) atoms. The third-order valence-corrected chi connectivity index (χ3v) is 15.6. The zero-order valence-corrected chi connectivity index (χ0v) is 54.9. The molecule has 0 saturated heterocycles. The molecule has 0 bridgehead atoms. The highest BCUT2D eigenvalue weighted by Gasteiger charge is 2.19. The molecular formula is C77H134O6. The highest BCUT2D eigenvalue weighted by atomic mass is 16.6. The molecule has 0 amide bonds. The summed E-state index contributed by atoms with van der Waals surface area (Å²) in [4.78, 5) is 38.5. The van der Waals surface area contributed by atoms with Gasteiger partial charge in [0, 0.05) is 19.3 Å². The average molecular weight is 1160 g/mol. The van der Waals surface area contributed by atoms with Gasteiger partial charge in [0.2, 0.25) is 0 Å². The summed E-state index contributed by atoms with van der Waals surface area (Å²) in [7, 11) is 0. The number of esters is 3. The minimum Gasteiger partial charge on any atom is -0.462 e. The Morgan fingerprint density at radius 2 is 0.470 bits per heavy atom. The number of ether oxygens (including phenoxy) is 3. The third kappa shape index (κ3) is 69.0. The van der Waals surface area contributed by atoms with Crippen LogP contribution in [0.5, 0.6) is 0 Å². The summed E-state index contributed by atoms with van der Waals surface area (Å²) < 4.78 is 17.0. The molecule has 0 radical (unpaired) electrons. The van der Waals surface area contributed by atoms with Crippen LogP contribution in [0.15, 0.2) is 97.2 Å². The first kappa shape index (κ1) is 79.3. The van der Waals surface area contributed by atoms with Crippen molar-refractivity contribution < 1.29 is 28.6 Å². The van der Waals surface area contributed by atoms with Crippen molar-refractivity contribution in [3.63, 3.8) is 0 Å². The second-order valence-corrected chi connectivity index (χ2v) is 23.7. The first-order valence-electron chi connectivity index (χ1n) is 35.7. The van der Waals surface area contributed by atoms with E-state index < -0.39 is 6.10 Å². The van der Waals surface area contributed by atoms with Crippen molar-refractivity contribution in [1.29, 1.82) is 0 Å². The molecule has 0 aromatic heterocycles. The van der Waals surface area contributed by atoms with Crippen molar-refractivity contribution in [1.82, 2.24) is 0 Å². The van der Waals surface area contributed by atoms with Gasteiger partial charge < -0.3 is 14.2 Å². The number of unbranched alkanes of at least 4 members (excludes halogenated alkanes) is 38. The Balaban J connectivity index is 4.33. The quantitative estimate of drug-likeness (QED) is 0.0261. The van der Waals surface area contributed by atoms with Gasteiger partial charge in [-0.2, -0.15) is 0 Å².